The van der Waals surface area contributed by atoms with Crippen molar-refractivity contribution in [2.24, 2.45) is 5.92 Å². The molecular formula is C14H23NS. The highest BCUT2D eigenvalue weighted by atomic mass is 32.2. The molecule has 0 unspecified atom stereocenters. The van der Waals surface area contributed by atoms with E-state index in [-0.39, 0.29) is 0 Å². The Morgan fingerprint density at radius 1 is 1.31 bits per heavy atom. The van der Waals surface area contributed by atoms with E-state index in [4.69, 9.17) is 0 Å². The van der Waals surface area contributed by atoms with E-state index in [1.807, 2.05) is 11.8 Å². The van der Waals surface area contributed by atoms with Crippen LogP contribution in [0.25, 0.3) is 0 Å². The first kappa shape index (κ1) is 13.6. The lowest BCUT2D eigenvalue weighted by Crippen LogP contribution is -2.12. The first-order valence-corrected chi connectivity index (χ1v) is 7.05. The SMILES string of the molecule is CCNCc1ccc(SCC(C)C)cc1C. The van der Waals surface area contributed by atoms with Gasteiger partial charge in [-0.25, -0.2) is 0 Å². The second-order valence-electron chi connectivity index (χ2n) is 4.57. The van der Waals surface area contributed by atoms with Crippen LogP contribution in [0.4, 0.5) is 0 Å². The van der Waals surface area contributed by atoms with Crippen molar-refractivity contribution in [3.8, 4) is 0 Å². The number of thioether (sulfide) groups is 1. The first-order valence-electron chi connectivity index (χ1n) is 6.06. The molecule has 1 nitrogen and oxygen atoms in total. The first-order chi connectivity index (χ1) is 7.63. The third kappa shape index (κ3) is 4.58. The largest absolute Gasteiger partial charge is 0.313 e. The Kier molecular flexibility index (Phi) is 5.93. The Labute approximate surface area is 104 Å². The smallest absolute Gasteiger partial charge is 0.0208 e. The highest BCUT2D eigenvalue weighted by Gasteiger charge is 2.01. The zero-order valence-electron chi connectivity index (χ0n) is 10.8. The fraction of sp³-hybridized carbons (Fsp3) is 0.571. The van der Waals surface area contributed by atoms with Gasteiger partial charge in [-0.2, -0.15) is 0 Å². The molecule has 2 heteroatoms. The summed E-state index contributed by atoms with van der Waals surface area (Å²) in [6.07, 6.45) is 0. The lowest BCUT2D eigenvalue weighted by Gasteiger charge is -2.09. The summed E-state index contributed by atoms with van der Waals surface area (Å²) in [6.45, 7) is 10.9. The second-order valence-corrected chi connectivity index (χ2v) is 5.67. The molecule has 1 N–H and O–H groups in total. The molecule has 16 heavy (non-hydrogen) atoms. The summed E-state index contributed by atoms with van der Waals surface area (Å²) in [5, 5.41) is 3.37. The lowest BCUT2D eigenvalue weighted by atomic mass is 10.1. The van der Waals surface area contributed by atoms with Crippen LogP contribution in [0.3, 0.4) is 0 Å². The molecule has 0 radical (unpaired) electrons. The molecule has 0 aliphatic carbocycles. The number of aryl methyl sites for hydroxylation is 1. The summed E-state index contributed by atoms with van der Waals surface area (Å²) in [5.74, 6) is 1.96. The predicted octanol–water partition coefficient (Wildman–Crippen LogP) is 3.85. The number of nitrogens with one attached hydrogen (secondary N) is 1. The minimum atomic E-state index is 0.756. The van der Waals surface area contributed by atoms with Crippen molar-refractivity contribution in [3.63, 3.8) is 0 Å². The molecule has 0 heterocycles. The van der Waals surface area contributed by atoms with Gasteiger partial charge in [0, 0.05) is 17.2 Å². The zero-order chi connectivity index (χ0) is 12.0. The molecular weight excluding hydrogens is 214 g/mol. The summed E-state index contributed by atoms with van der Waals surface area (Å²) in [4.78, 5) is 1.39. The van der Waals surface area contributed by atoms with Crippen LogP contribution in [-0.4, -0.2) is 12.3 Å². The van der Waals surface area contributed by atoms with E-state index in [1.165, 1.54) is 21.8 Å². The van der Waals surface area contributed by atoms with Gasteiger partial charge in [0.25, 0.3) is 0 Å². The van der Waals surface area contributed by atoms with Crippen molar-refractivity contribution in [1.82, 2.24) is 5.32 Å². The summed E-state index contributed by atoms with van der Waals surface area (Å²) >= 11 is 1.95. The van der Waals surface area contributed by atoms with Crippen LogP contribution < -0.4 is 5.32 Å². The standard InChI is InChI=1S/C14H23NS/c1-5-15-9-13-6-7-14(8-12(13)4)16-10-11(2)3/h6-8,11,15H,5,9-10H2,1-4H3. The van der Waals surface area contributed by atoms with Crippen molar-refractivity contribution < 1.29 is 0 Å². The Morgan fingerprint density at radius 3 is 2.62 bits per heavy atom. The average molecular weight is 237 g/mol. The van der Waals surface area contributed by atoms with Gasteiger partial charge in [0.1, 0.15) is 0 Å². The molecule has 0 aliphatic heterocycles. The van der Waals surface area contributed by atoms with Crippen molar-refractivity contribution in [1.29, 1.82) is 0 Å². The van der Waals surface area contributed by atoms with Gasteiger partial charge in [-0.05, 0) is 42.6 Å². The lowest BCUT2D eigenvalue weighted by molar-refractivity contribution is 0.723. The topological polar surface area (TPSA) is 12.0 Å². The maximum atomic E-state index is 3.37. The van der Waals surface area contributed by atoms with E-state index in [9.17, 15) is 0 Å². The third-order valence-electron chi connectivity index (χ3n) is 2.46. The fourth-order valence-corrected chi connectivity index (χ4v) is 2.43. The van der Waals surface area contributed by atoms with Crippen molar-refractivity contribution in [2.45, 2.75) is 39.1 Å². The number of rotatable bonds is 6. The predicted molar refractivity (Wildman–Crippen MR) is 74.1 cm³/mol. The van der Waals surface area contributed by atoms with Crippen LogP contribution in [-0.2, 0) is 6.54 Å². The Bertz CT molecular complexity index is 321. The molecule has 90 valence electrons. The molecule has 0 bridgehead atoms. The van der Waals surface area contributed by atoms with Gasteiger partial charge in [-0.15, -0.1) is 11.8 Å². The summed E-state index contributed by atoms with van der Waals surface area (Å²) in [6, 6.07) is 6.80. The van der Waals surface area contributed by atoms with Gasteiger partial charge < -0.3 is 5.32 Å². The molecule has 0 saturated carbocycles. The zero-order valence-corrected chi connectivity index (χ0v) is 11.7. The van der Waals surface area contributed by atoms with Gasteiger partial charge in [-0.1, -0.05) is 26.8 Å². The summed E-state index contributed by atoms with van der Waals surface area (Å²) in [7, 11) is 0. The Balaban J connectivity index is 2.59. The van der Waals surface area contributed by atoms with E-state index >= 15 is 0 Å². The van der Waals surface area contributed by atoms with E-state index in [0.29, 0.717) is 0 Å². The van der Waals surface area contributed by atoms with Crippen molar-refractivity contribution in [3.05, 3.63) is 29.3 Å². The van der Waals surface area contributed by atoms with Crippen LogP contribution in [0.2, 0.25) is 0 Å². The maximum Gasteiger partial charge on any atom is 0.0208 e. The minimum absolute atomic E-state index is 0.756. The highest BCUT2D eigenvalue weighted by molar-refractivity contribution is 7.99. The maximum absolute atomic E-state index is 3.37. The summed E-state index contributed by atoms with van der Waals surface area (Å²) in [5.41, 5.74) is 2.81. The normalized spacial score (nSPS) is 11.1. The van der Waals surface area contributed by atoms with Gasteiger partial charge >= 0.3 is 0 Å². The summed E-state index contributed by atoms with van der Waals surface area (Å²) < 4.78 is 0. The van der Waals surface area contributed by atoms with E-state index in [1.54, 1.807) is 0 Å². The third-order valence-corrected chi connectivity index (χ3v) is 3.88. The van der Waals surface area contributed by atoms with E-state index < -0.39 is 0 Å². The molecule has 0 atom stereocenters. The van der Waals surface area contributed by atoms with Crippen molar-refractivity contribution in [2.75, 3.05) is 12.3 Å². The highest BCUT2D eigenvalue weighted by Crippen LogP contribution is 2.23. The molecule has 1 aromatic carbocycles. The molecule has 1 aromatic rings. The van der Waals surface area contributed by atoms with Crippen LogP contribution in [0, 0.1) is 12.8 Å². The number of benzene rings is 1. The van der Waals surface area contributed by atoms with Crippen LogP contribution in [0.5, 0.6) is 0 Å². The molecule has 0 fully saturated rings. The molecule has 1 rings (SSSR count). The molecule has 0 amide bonds. The Hall–Kier alpha value is -0.470. The second kappa shape index (κ2) is 6.97. The monoisotopic (exact) mass is 237 g/mol. The van der Waals surface area contributed by atoms with Crippen molar-refractivity contribution >= 4 is 11.8 Å². The van der Waals surface area contributed by atoms with Gasteiger partial charge in [0.15, 0.2) is 0 Å². The minimum Gasteiger partial charge on any atom is -0.313 e. The molecule has 0 aliphatic rings. The van der Waals surface area contributed by atoms with Gasteiger partial charge in [0.2, 0.25) is 0 Å². The quantitative estimate of drug-likeness (QED) is 0.754. The molecule has 0 saturated heterocycles. The molecule has 0 spiro atoms. The van der Waals surface area contributed by atoms with Gasteiger partial charge in [-0.3, -0.25) is 0 Å². The van der Waals surface area contributed by atoms with E-state index in [0.717, 1.165) is 19.0 Å². The molecule has 0 aromatic heterocycles. The Morgan fingerprint density at radius 2 is 2.06 bits per heavy atom. The number of hydrogen-bond donors (Lipinski definition) is 1. The number of hydrogen-bond acceptors (Lipinski definition) is 2. The fourth-order valence-electron chi connectivity index (χ4n) is 1.48. The van der Waals surface area contributed by atoms with Crippen LogP contribution >= 0.6 is 11.8 Å². The van der Waals surface area contributed by atoms with Crippen LogP contribution in [0.15, 0.2) is 23.1 Å². The van der Waals surface area contributed by atoms with Gasteiger partial charge in [0.05, 0.1) is 0 Å². The van der Waals surface area contributed by atoms with E-state index in [2.05, 4.69) is 51.2 Å². The average Bonchev–Trinajstić information content (AvgIpc) is 2.25. The van der Waals surface area contributed by atoms with Crippen LogP contribution in [0.1, 0.15) is 31.9 Å².